The number of rotatable bonds is 6. The summed E-state index contributed by atoms with van der Waals surface area (Å²) in [5.41, 5.74) is 0.489. The summed E-state index contributed by atoms with van der Waals surface area (Å²) in [6.45, 7) is 14.2. The number of hydrogen-bond donors (Lipinski definition) is 1. The van der Waals surface area contributed by atoms with Crippen molar-refractivity contribution in [3.05, 3.63) is 0 Å². The molecule has 0 aromatic rings. The maximum Gasteiger partial charge on any atom is 0.0546 e. The fourth-order valence-corrected chi connectivity index (χ4v) is 2.72. The smallest absolute Gasteiger partial charge is 0.0546 e. The van der Waals surface area contributed by atoms with Crippen molar-refractivity contribution >= 4 is 0 Å². The molecular formula is C15H32N2O. The molecule has 1 saturated heterocycles. The molecule has 0 spiro atoms. The van der Waals surface area contributed by atoms with Crippen molar-refractivity contribution in [2.45, 2.75) is 52.5 Å². The Kier molecular flexibility index (Phi) is 6.09. The zero-order chi connectivity index (χ0) is 13.6. The standard InChI is InChI=1S/C15H32N2O/c1-6-9-17(5)12-15(8-7-10-18-13-15)11-16-14(2,3)4/h16H,6-13H2,1-5H3. The molecule has 1 aliphatic heterocycles. The predicted molar refractivity (Wildman–Crippen MR) is 78.0 cm³/mol. The second kappa shape index (κ2) is 6.88. The van der Waals surface area contributed by atoms with E-state index in [2.05, 4.69) is 45.0 Å². The maximum atomic E-state index is 5.76. The average molecular weight is 256 g/mol. The van der Waals surface area contributed by atoms with Crippen LogP contribution in [0.3, 0.4) is 0 Å². The SMILES string of the molecule is CCCN(C)CC1(CNC(C)(C)C)CCCOC1. The molecule has 0 aromatic carbocycles. The van der Waals surface area contributed by atoms with E-state index in [1.165, 1.54) is 25.8 Å². The van der Waals surface area contributed by atoms with Gasteiger partial charge in [0.25, 0.3) is 0 Å². The number of nitrogens with zero attached hydrogens (tertiary/aromatic N) is 1. The first-order valence-electron chi connectivity index (χ1n) is 7.38. The van der Waals surface area contributed by atoms with Crippen LogP contribution in [0.4, 0.5) is 0 Å². The molecular weight excluding hydrogens is 224 g/mol. The lowest BCUT2D eigenvalue weighted by atomic mass is 9.81. The molecule has 1 N–H and O–H groups in total. The molecule has 1 atom stereocenters. The fourth-order valence-electron chi connectivity index (χ4n) is 2.72. The highest BCUT2D eigenvalue weighted by Crippen LogP contribution is 2.29. The van der Waals surface area contributed by atoms with Gasteiger partial charge in [0.15, 0.2) is 0 Å². The van der Waals surface area contributed by atoms with Crippen molar-refractivity contribution in [2.24, 2.45) is 5.41 Å². The largest absolute Gasteiger partial charge is 0.381 e. The minimum Gasteiger partial charge on any atom is -0.381 e. The van der Waals surface area contributed by atoms with Crippen LogP contribution in [-0.2, 0) is 4.74 Å². The summed E-state index contributed by atoms with van der Waals surface area (Å²) in [7, 11) is 2.23. The predicted octanol–water partition coefficient (Wildman–Crippen LogP) is 2.51. The monoisotopic (exact) mass is 256 g/mol. The molecule has 3 heteroatoms. The van der Waals surface area contributed by atoms with Gasteiger partial charge in [0.1, 0.15) is 0 Å². The van der Waals surface area contributed by atoms with Crippen molar-refractivity contribution in [3.63, 3.8) is 0 Å². The lowest BCUT2D eigenvalue weighted by Crippen LogP contribution is -2.52. The first-order valence-corrected chi connectivity index (χ1v) is 7.38. The van der Waals surface area contributed by atoms with Gasteiger partial charge in [0, 0.05) is 30.7 Å². The van der Waals surface area contributed by atoms with Gasteiger partial charge in [0.2, 0.25) is 0 Å². The molecule has 1 rings (SSSR count). The Labute approximate surface area is 113 Å². The van der Waals surface area contributed by atoms with Gasteiger partial charge in [0.05, 0.1) is 6.61 Å². The highest BCUT2D eigenvalue weighted by molar-refractivity contribution is 4.89. The van der Waals surface area contributed by atoms with E-state index in [1.54, 1.807) is 0 Å². The van der Waals surface area contributed by atoms with Gasteiger partial charge in [-0.1, -0.05) is 6.92 Å². The first-order chi connectivity index (χ1) is 8.37. The van der Waals surface area contributed by atoms with Crippen LogP contribution in [0.15, 0.2) is 0 Å². The summed E-state index contributed by atoms with van der Waals surface area (Å²) in [4.78, 5) is 2.46. The van der Waals surface area contributed by atoms with Crippen molar-refractivity contribution in [1.82, 2.24) is 10.2 Å². The van der Waals surface area contributed by atoms with Crippen LogP contribution >= 0.6 is 0 Å². The van der Waals surface area contributed by atoms with Crippen LogP contribution in [0.1, 0.15) is 47.0 Å². The second-order valence-corrected chi connectivity index (χ2v) is 7.00. The van der Waals surface area contributed by atoms with E-state index in [4.69, 9.17) is 4.74 Å². The number of hydrogen-bond acceptors (Lipinski definition) is 3. The summed E-state index contributed by atoms with van der Waals surface area (Å²) < 4.78 is 5.76. The first kappa shape index (κ1) is 15.9. The summed E-state index contributed by atoms with van der Waals surface area (Å²) >= 11 is 0. The normalized spacial score (nSPS) is 25.7. The van der Waals surface area contributed by atoms with E-state index < -0.39 is 0 Å². The second-order valence-electron chi connectivity index (χ2n) is 7.00. The molecule has 0 bridgehead atoms. The summed E-state index contributed by atoms with van der Waals surface area (Å²) in [5, 5.41) is 3.67. The minimum absolute atomic E-state index is 0.188. The molecule has 108 valence electrons. The van der Waals surface area contributed by atoms with Gasteiger partial charge >= 0.3 is 0 Å². The zero-order valence-electron chi connectivity index (χ0n) is 13.0. The van der Waals surface area contributed by atoms with Gasteiger partial charge in [-0.15, -0.1) is 0 Å². The van der Waals surface area contributed by atoms with Gasteiger partial charge in [-0.25, -0.2) is 0 Å². The van der Waals surface area contributed by atoms with Crippen LogP contribution in [-0.4, -0.2) is 50.3 Å². The third-order valence-electron chi connectivity index (χ3n) is 3.61. The van der Waals surface area contributed by atoms with Crippen molar-refractivity contribution < 1.29 is 4.74 Å². The van der Waals surface area contributed by atoms with E-state index in [9.17, 15) is 0 Å². The molecule has 0 amide bonds. The number of nitrogens with one attached hydrogen (secondary N) is 1. The highest BCUT2D eigenvalue weighted by Gasteiger charge is 2.34. The molecule has 1 unspecified atom stereocenters. The molecule has 1 aliphatic rings. The summed E-state index contributed by atoms with van der Waals surface area (Å²) in [6, 6.07) is 0. The van der Waals surface area contributed by atoms with Crippen molar-refractivity contribution in [1.29, 1.82) is 0 Å². The van der Waals surface area contributed by atoms with Crippen LogP contribution in [0, 0.1) is 5.41 Å². The third-order valence-corrected chi connectivity index (χ3v) is 3.61. The van der Waals surface area contributed by atoms with Crippen molar-refractivity contribution in [3.8, 4) is 0 Å². The summed E-state index contributed by atoms with van der Waals surface area (Å²) in [5.74, 6) is 0. The Hall–Kier alpha value is -0.120. The van der Waals surface area contributed by atoms with E-state index in [0.29, 0.717) is 5.41 Å². The molecule has 18 heavy (non-hydrogen) atoms. The van der Waals surface area contributed by atoms with E-state index in [0.717, 1.165) is 26.3 Å². The highest BCUT2D eigenvalue weighted by atomic mass is 16.5. The van der Waals surface area contributed by atoms with Gasteiger partial charge in [-0.2, -0.15) is 0 Å². The molecule has 0 aromatic heterocycles. The van der Waals surface area contributed by atoms with Gasteiger partial charge in [-0.05, 0) is 53.6 Å². The Bertz CT molecular complexity index is 229. The Morgan fingerprint density at radius 2 is 2.06 bits per heavy atom. The Balaban J connectivity index is 2.57. The van der Waals surface area contributed by atoms with Crippen LogP contribution in [0.25, 0.3) is 0 Å². The molecule has 1 fully saturated rings. The van der Waals surface area contributed by atoms with Crippen LogP contribution in [0.2, 0.25) is 0 Å². The molecule has 0 aliphatic carbocycles. The maximum absolute atomic E-state index is 5.76. The molecule has 3 nitrogen and oxygen atoms in total. The Morgan fingerprint density at radius 3 is 2.56 bits per heavy atom. The molecule has 0 saturated carbocycles. The zero-order valence-corrected chi connectivity index (χ0v) is 13.0. The topological polar surface area (TPSA) is 24.5 Å². The van der Waals surface area contributed by atoms with Gasteiger partial charge in [-0.3, -0.25) is 0 Å². The minimum atomic E-state index is 0.188. The molecule has 1 heterocycles. The van der Waals surface area contributed by atoms with E-state index in [-0.39, 0.29) is 5.54 Å². The third kappa shape index (κ3) is 5.68. The molecule has 0 radical (unpaired) electrons. The van der Waals surface area contributed by atoms with Crippen LogP contribution in [0.5, 0.6) is 0 Å². The van der Waals surface area contributed by atoms with Gasteiger partial charge < -0.3 is 15.0 Å². The Morgan fingerprint density at radius 1 is 1.33 bits per heavy atom. The fraction of sp³-hybridized carbons (Fsp3) is 1.00. The lowest BCUT2D eigenvalue weighted by molar-refractivity contribution is -0.0252. The lowest BCUT2D eigenvalue weighted by Gasteiger charge is -2.41. The van der Waals surface area contributed by atoms with Crippen molar-refractivity contribution in [2.75, 3.05) is 39.9 Å². The number of ether oxygens (including phenoxy) is 1. The quantitative estimate of drug-likeness (QED) is 0.790. The van der Waals surface area contributed by atoms with E-state index >= 15 is 0 Å². The summed E-state index contributed by atoms with van der Waals surface area (Å²) in [6.07, 6.45) is 3.70. The van der Waals surface area contributed by atoms with E-state index in [1.807, 2.05) is 0 Å². The average Bonchev–Trinajstić information content (AvgIpc) is 2.27. The van der Waals surface area contributed by atoms with Crippen LogP contribution < -0.4 is 5.32 Å².